The lowest BCUT2D eigenvalue weighted by Gasteiger charge is -2.18. The summed E-state index contributed by atoms with van der Waals surface area (Å²) in [6.07, 6.45) is 2.09. The molecule has 0 bridgehead atoms. The fourth-order valence-electron chi connectivity index (χ4n) is 6.18. The van der Waals surface area contributed by atoms with E-state index in [0.29, 0.717) is 0 Å². The molecule has 1 aliphatic rings. The highest BCUT2D eigenvalue weighted by Crippen LogP contribution is 2.41. The zero-order valence-electron chi connectivity index (χ0n) is 21.1. The Morgan fingerprint density at radius 2 is 1.42 bits per heavy atom. The van der Waals surface area contributed by atoms with Crippen LogP contribution in [0.3, 0.4) is 0 Å². The first kappa shape index (κ1) is 21.3. The minimum atomic E-state index is -1.67. The number of rotatable bonds is 2. The number of aryl methyl sites for hydroxylation is 2. The summed E-state index contributed by atoms with van der Waals surface area (Å²) in [4.78, 5) is 0. The van der Waals surface area contributed by atoms with Gasteiger partial charge >= 0.3 is 0 Å². The van der Waals surface area contributed by atoms with Crippen molar-refractivity contribution in [2.75, 3.05) is 0 Å². The van der Waals surface area contributed by atoms with Gasteiger partial charge in [0.1, 0.15) is 26.3 Å². The van der Waals surface area contributed by atoms with E-state index in [9.17, 15) is 0 Å². The molecule has 0 aliphatic carbocycles. The van der Waals surface area contributed by atoms with Crippen molar-refractivity contribution in [3.63, 3.8) is 0 Å². The third-order valence-corrected chi connectivity index (χ3v) is 11.6. The van der Waals surface area contributed by atoms with Gasteiger partial charge in [-0.3, -0.25) is 0 Å². The predicted molar refractivity (Wildman–Crippen MR) is 153 cm³/mol. The first-order valence-corrected chi connectivity index (χ1v) is 15.6. The maximum Gasteiger partial charge on any atom is 0.216 e. The lowest BCUT2D eigenvalue weighted by atomic mass is 9.97. The van der Waals surface area contributed by atoms with Gasteiger partial charge in [0.25, 0.3) is 0 Å². The molecule has 0 amide bonds. The Labute approximate surface area is 212 Å². The van der Waals surface area contributed by atoms with Crippen LogP contribution >= 0.6 is 0 Å². The summed E-state index contributed by atoms with van der Waals surface area (Å²) in [5.41, 5.74) is 10.6. The third kappa shape index (κ3) is 2.87. The molecule has 0 saturated carbocycles. The molecule has 0 radical (unpaired) electrons. The normalized spacial score (nSPS) is 13.8. The summed E-state index contributed by atoms with van der Waals surface area (Å²) in [5, 5.41) is 5.39. The summed E-state index contributed by atoms with van der Waals surface area (Å²) in [7, 11) is 0.424. The maximum absolute atomic E-state index is 6.78. The number of nitrogens with zero attached hydrogens (tertiary/aromatic N) is 1. The van der Waals surface area contributed by atoms with Gasteiger partial charge in [0.2, 0.25) is 5.69 Å². The number of pyridine rings is 1. The standard InChI is InChI=1S/C33H28NOSi/c1-21-15-17-26-25-12-9-11-23(32(25)35-33(26)31(21)28-13-7-8-19-34(28)2)22-16-18-30-27(20-22)24-10-5-6-14-29(24)36(30,3)4/h5-20H,1-4H3/q+1. The quantitative estimate of drug-likeness (QED) is 0.195. The van der Waals surface area contributed by atoms with Gasteiger partial charge in [-0.25, -0.2) is 4.57 Å². The second-order valence-corrected chi connectivity index (χ2v) is 14.9. The molecule has 2 nitrogen and oxygen atoms in total. The summed E-state index contributed by atoms with van der Waals surface area (Å²) in [6.45, 7) is 7.09. The fourth-order valence-corrected chi connectivity index (χ4v) is 9.25. The van der Waals surface area contributed by atoms with Crippen LogP contribution in [0.5, 0.6) is 0 Å². The van der Waals surface area contributed by atoms with Gasteiger partial charge in [0.05, 0.1) is 5.56 Å². The molecule has 0 unspecified atom stereocenters. The van der Waals surface area contributed by atoms with Crippen LogP contribution in [0.1, 0.15) is 5.56 Å². The molecule has 0 atom stereocenters. The number of hydrogen-bond donors (Lipinski definition) is 0. The molecular formula is C33H28NOSi+. The first-order valence-electron chi connectivity index (χ1n) is 12.6. The van der Waals surface area contributed by atoms with Gasteiger partial charge in [0.15, 0.2) is 6.20 Å². The molecule has 3 heteroatoms. The van der Waals surface area contributed by atoms with Crippen LogP contribution in [-0.4, -0.2) is 8.07 Å². The average molecular weight is 483 g/mol. The van der Waals surface area contributed by atoms with Crippen LogP contribution in [0.4, 0.5) is 0 Å². The van der Waals surface area contributed by atoms with E-state index in [1.807, 2.05) is 0 Å². The highest BCUT2D eigenvalue weighted by molar-refractivity contribution is 7.03. The molecule has 0 fully saturated rings. The summed E-state index contributed by atoms with van der Waals surface area (Å²) < 4.78 is 8.95. The molecule has 1 aliphatic heterocycles. The maximum atomic E-state index is 6.78. The largest absolute Gasteiger partial charge is 0.454 e. The number of aromatic nitrogens is 1. The fraction of sp³-hybridized carbons (Fsp3) is 0.121. The van der Waals surface area contributed by atoms with E-state index < -0.39 is 8.07 Å². The lowest BCUT2D eigenvalue weighted by Crippen LogP contribution is -2.49. The van der Waals surface area contributed by atoms with Gasteiger partial charge in [-0.05, 0) is 51.7 Å². The molecule has 7 rings (SSSR count). The molecule has 6 aromatic rings. The number of benzene rings is 4. The topological polar surface area (TPSA) is 17.0 Å². The van der Waals surface area contributed by atoms with Gasteiger partial charge in [0, 0.05) is 28.5 Å². The minimum Gasteiger partial charge on any atom is -0.454 e. The van der Waals surface area contributed by atoms with Gasteiger partial charge < -0.3 is 4.42 Å². The van der Waals surface area contributed by atoms with Crippen LogP contribution in [0.15, 0.2) is 102 Å². The number of fused-ring (bicyclic) bond motifs is 6. The number of hydrogen-bond acceptors (Lipinski definition) is 1. The monoisotopic (exact) mass is 482 g/mol. The Balaban J connectivity index is 1.49. The second-order valence-electron chi connectivity index (χ2n) is 10.5. The van der Waals surface area contributed by atoms with Gasteiger partial charge in [-0.2, -0.15) is 0 Å². The summed E-state index contributed by atoms with van der Waals surface area (Å²) >= 11 is 0. The highest BCUT2D eigenvalue weighted by atomic mass is 28.3. The Kier molecular flexibility index (Phi) is 4.46. The Bertz CT molecular complexity index is 1840. The van der Waals surface area contributed by atoms with Crippen molar-refractivity contribution in [3.05, 3.63) is 103 Å². The molecular weight excluding hydrogens is 454 g/mol. The van der Waals surface area contributed by atoms with Crippen molar-refractivity contribution in [1.29, 1.82) is 0 Å². The molecule has 2 aromatic heterocycles. The van der Waals surface area contributed by atoms with Crippen LogP contribution in [0.2, 0.25) is 13.1 Å². The van der Waals surface area contributed by atoms with Crippen molar-refractivity contribution in [1.82, 2.24) is 0 Å². The predicted octanol–water partition coefficient (Wildman–Crippen LogP) is 6.86. The summed E-state index contributed by atoms with van der Waals surface area (Å²) in [5.74, 6) is 0. The van der Waals surface area contributed by atoms with E-state index in [1.165, 1.54) is 32.6 Å². The van der Waals surface area contributed by atoms with Crippen molar-refractivity contribution >= 4 is 40.4 Å². The van der Waals surface area contributed by atoms with E-state index in [0.717, 1.165) is 38.8 Å². The Morgan fingerprint density at radius 1 is 0.667 bits per heavy atom. The van der Waals surface area contributed by atoms with E-state index in [4.69, 9.17) is 4.42 Å². The second kappa shape index (κ2) is 7.52. The molecule has 36 heavy (non-hydrogen) atoms. The lowest BCUT2D eigenvalue weighted by molar-refractivity contribution is -0.660. The van der Waals surface area contributed by atoms with E-state index in [2.05, 4.69) is 129 Å². The van der Waals surface area contributed by atoms with Crippen molar-refractivity contribution in [2.24, 2.45) is 7.05 Å². The number of furan rings is 1. The van der Waals surface area contributed by atoms with Crippen molar-refractivity contribution in [3.8, 4) is 33.5 Å². The zero-order valence-corrected chi connectivity index (χ0v) is 22.1. The molecule has 174 valence electrons. The zero-order chi connectivity index (χ0) is 24.6. The van der Waals surface area contributed by atoms with E-state index >= 15 is 0 Å². The average Bonchev–Trinajstić information content (AvgIpc) is 3.37. The minimum absolute atomic E-state index is 0.958. The first-order chi connectivity index (χ1) is 17.4. The highest BCUT2D eigenvalue weighted by Gasteiger charge is 2.37. The van der Waals surface area contributed by atoms with Crippen LogP contribution < -0.4 is 14.9 Å². The smallest absolute Gasteiger partial charge is 0.216 e. The summed E-state index contributed by atoms with van der Waals surface area (Å²) in [6, 6.07) is 33.3. The van der Waals surface area contributed by atoms with Gasteiger partial charge in [-0.1, -0.05) is 79.8 Å². The Morgan fingerprint density at radius 3 is 2.28 bits per heavy atom. The SMILES string of the molecule is Cc1ccc2c(oc3c(-c4ccc5c(c4)-c4ccccc4[Si]5(C)C)cccc32)c1-c1cccc[n+]1C. The molecule has 0 N–H and O–H groups in total. The molecule has 3 heterocycles. The number of para-hydroxylation sites is 1. The third-order valence-electron chi connectivity index (χ3n) is 8.08. The van der Waals surface area contributed by atoms with Crippen molar-refractivity contribution in [2.45, 2.75) is 20.0 Å². The van der Waals surface area contributed by atoms with Crippen molar-refractivity contribution < 1.29 is 8.98 Å². The molecule has 0 saturated heterocycles. The van der Waals surface area contributed by atoms with E-state index in [1.54, 1.807) is 0 Å². The molecule has 4 aromatic carbocycles. The van der Waals surface area contributed by atoms with Gasteiger partial charge in [-0.15, -0.1) is 0 Å². The van der Waals surface area contributed by atoms with Crippen LogP contribution in [0.25, 0.3) is 55.4 Å². The van der Waals surface area contributed by atoms with Crippen LogP contribution in [-0.2, 0) is 7.05 Å². The Hall–Kier alpha value is -3.95. The van der Waals surface area contributed by atoms with Crippen LogP contribution in [0, 0.1) is 6.92 Å². The van der Waals surface area contributed by atoms with E-state index in [-0.39, 0.29) is 0 Å². The molecule has 0 spiro atoms.